The van der Waals surface area contributed by atoms with Crippen LogP contribution in [0, 0.1) is 0 Å². The van der Waals surface area contributed by atoms with Crippen LogP contribution in [-0.2, 0) is 16.4 Å². The second-order valence-electron chi connectivity index (χ2n) is 9.13. The first-order chi connectivity index (χ1) is 15.4. The summed E-state index contributed by atoms with van der Waals surface area (Å²) in [4.78, 5) is 5.12. The Morgan fingerprint density at radius 1 is 0.875 bits per heavy atom. The van der Waals surface area contributed by atoms with Gasteiger partial charge in [0.1, 0.15) is 0 Å². The molecular formula is C25H34ClN3O2S. The van der Waals surface area contributed by atoms with Crippen LogP contribution in [0.25, 0.3) is 0 Å². The van der Waals surface area contributed by atoms with E-state index in [4.69, 9.17) is 11.6 Å². The van der Waals surface area contributed by atoms with Crippen molar-refractivity contribution in [2.45, 2.75) is 49.1 Å². The molecular weight excluding hydrogens is 442 g/mol. The highest BCUT2D eigenvalue weighted by Gasteiger charge is 2.39. The molecule has 2 heterocycles. The summed E-state index contributed by atoms with van der Waals surface area (Å²) in [5, 5.41) is 0.557. The molecule has 2 aromatic carbocycles. The van der Waals surface area contributed by atoms with Crippen molar-refractivity contribution in [1.82, 2.24) is 14.1 Å². The maximum absolute atomic E-state index is 13.8. The van der Waals surface area contributed by atoms with Crippen LogP contribution in [0.15, 0.2) is 59.5 Å². The van der Waals surface area contributed by atoms with E-state index in [0.717, 1.165) is 64.8 Å². The number of halogens is 1. The molecule has 0 N–H and O–H groups in total. The van der Waals surface area contributed by atoms with Crippen molar-refractivity contribution in [3.05, 3.63) is 65.2 Å². The van der Waals surface area contributed by atoms with Crippen molar-refractivity contribution in [2.24, 2.45) is 0 Å². The summed E-state index contributed by atoms with van der Waals surface area (Å²) < 4.78 is 29.4. The number of nitrogens with zero attached hydrogens (tertiary/aromatic N) is 3. The lowest BCUT2D eigenvalue weighted by molar-refractivity contribution is 0.107. The monoisotopic (exact) mass is 475 g/mol. The van der Waals surface area contributed by atoms with E-state index in [1.165, 1.54) is 5.56 Å². The lowest BCUT2D eigenvalue weighted by Gasteiger charge is -2.43. The van der Waals surface area contributed by atoms with Crippen molar-refractivity contribution >= 4 is 21.6 Å². The molecule has 7 heteroatoms. The molecule has 32 heavy (non-hydrogen) atoms. The van der Waals surface area contributed by atoms with Crippen LogP contribution in [-0.4, -0.2) is 74.4 Å². The van der Waals surface area contributed by atoms with Gasteiger partial charge in [0.15, 0.2) is 0 Å². The summed E-state index contributed by atoms with van der Waals surface area (Å²) in [6.07, 6.45) is 4.57. The van der Waals surface area contributed by atoms with Crippen molar-refractivity contribution in [3.63, 3.8) is 0 Å². The molecule has 5 nitrogen and oxygen atoms in total. The van der Waals surface area contributed by atoms with E-state index in [-0.39, 0.29) is 12.1 Å². The molecule has 2 aromatic rings. The molecule has 0 unspecified atom stereocenters. The highest BCUT2D eigenvalue weighted by atomic mass is 35.5. The van der Waals surface area contributed by atoms with E-state index in [0.29, 0.717) is 9.92 Å². The maximum atomic E-state index is 13.8. The van der Waals surface area contributed by atoms with Gasteiger partial charge in [-0.2, -0.15) is 4.31 Å². The van der Waals surface area contributed by atoms with E-state index in [2.05, 4.69) is 41.1 Å². The smallest absolute Gasteiger partial charge is 0.243 e. The third-order valence-corrected chi connectivity index (χ3v) is 9.18. The van der Waals surface area contributed by atoms with Crippen molar-refractivity contribution in [2.75, 3.05) is 39.8 Å². The molecule has 174 valence electrons. The Labute approximate surface area is 198 Å². The fourth-order valence-electron chi connectivity index (χ4n) is 5.00. The van der Waals surface area contributed by atoms with Gasteiger partial charge in [-0.1, -0.05) is 41.9 Å². The zero-order valence-corrected chi connectivity index (χ0v) is 20.4. The Morgan fingerprint density at radius 2 is 1.44 bits per heavy atom. The molecule has 0 bridgehead atoms. The second-order valence-corrected chi connectivity index (χ2v) is 11.4. The van der Waals surface area contributed by atoms with Crippen LogP contribution in [0.3, 0.4) is 0 Å². The Hall–Kier alpha value is -1.44. The van der Waals surface area contributed by atoms with Crippen molar-refractivity contribution in [3.8, 4) is 0 Å². The van der Waals surface area contributed by atoms with Gasteiger partial charge in [0.2, 0.25) is 10.0 Å². The SMILES string of the molecule is CN1CCC(N(C2CCN(CCc3ccccc3)CC2)S(=O)(=O)c2ccc(Cl)cc2)CC1. The standard InChI is InChI=1S/C25H34ClN3O2S/c1-27-16-12-23(13-17-27)29(32(30,31)25-9-7-22(26)8-10-25)24-14-19-28(20-15-24)18-11-21-5-3-2-4-6-21/h2-10,23-24H,11-20H2,1H3. The molecule has 0 spiro atoms. The van der Waals surface area contributed by atoms with Gasteiger partial charge >= 0.3 is 0 Å². The predicted octanol–water partition coefficient (Wildman–Crippen LogP) is 4.13. The van der Waals surface area contributed by atoms with Gasteiger partial charge in [-0.15, -0.1) is 0 Å². The average Bonchev–Trinajstić information content (AvgIpc) is 2.81. The number of hydrogen-bond acceptors (Lipinski definition) is 4. The molecule has 0 saturated carbocycles. The summed E-state index contributed by atoms with van der Waals surface area (Å²) >= 11 is 6.03. The average molecular weight is 476 g/mol. The van der Waals surface area contributed by atoms with Gasteiger partial charge in [-0.25, -0.2) is 8.42 Å². The molecule has 0 atom stereocenters. The highest BCUT2D eigenvalue weighted by molar-refractivity contribution is 7.89. The Kier molecular flexibility index (Phi) is 7.90. The van der Waals surface area contributed by atoms with Gasteiger partial charge in [-0.3, -0.25) is 0 Å². The summed E-state index contributed by atoms with van der Waals surface area (Å²) in [5.41, 5.74) is 1.35. The van der Waals surface area contributed by atoms with Gasteiger partial charge < -0.3 is 9.80 Å². The summed E-state index contributed by atoms with van der Waals surface area (Å²) in [7, 11) is -1.46. The third-order valence-electron chi connectivity index (χ3n) is 6.91. The van der Waals surface area contributed by atoms with Crippen LogP contribution >= 0.6 is 11.6 Å². The number of likely N-dealkylation sites (tertiary alicyclic amines) is 2. The van der Waals surface area contributed by atoms with Crippen molar-refractivity contribution < 1.29 is 8.42 Å². The van der Waals surface area contributed by atoms with Crippen LogP contribution in [0.1, 0.15) is 31.2 Å². The molecule has 0 aliphatic carbocycles. The van der Waals surface area contributed by atoms with Gasteiger partial charge in [0.05, 0.1) is 4.90 Å². The minimum atomic E-state index is -3.57. The zero-order valence-electron chi connectivity index (χ0n) is 18.9. The van der Waals surface area contributed by atoms with Gasteiger partial charge in [0, 0.05) is 23.7 Å². The topological polar surface area (TPSA) is 43.9 Å². The molecule has 4 rings (SSSR count). The van der Waals surface area contributed by atoms with Crippen LogP contribution in [0.5, 0.6) is 0 Å². The number of hydrogen-bond donors (Lipinski definition) is 0. The predicted molar refractivity (Wildman–Crippen MR) is 131 cm³/mol. The quantitative estimate of drug-likeness (QED) is 0.604. The Balaban J connectivity index is 1.46. The first-order valence-corrected chi connectivity index (χ1v) is 13.5. The van der Waals surface area contributed by atoms with E-state index in [9.17, 15) is 8.42 Å². The fraction of sp³-hybridized carbons (Fsp3) is 0.520. The molecule has 0 amide bonds. The summed E-state index contributed by atoms with van der Waals surface area (Å²) in [6, 6.07) is 17.3. The lowest BCUT2D eigenvalue weighted by atomic mass is 9.99. The van der Waals surface area contributed by atoms with E-state index in [1.807, 2.05) is 10.4 Å². The number of sulfonamides is 1. The Morgan fingerprint density at radius 3 is 2.03 bits per heavy atom. The minimum absolute atomic E-state index is 0.0528. The van der Waals surface area contributed by atoms with E-state index in [1.54, 1.807) is 24.3 Å². The molecule has 0 radical (unpaired) electrons. The molecule has 0 aromatic heterocycles. The van der Waals surface area contributed by atoms with Gasteiger partial charge in [-0.05, 0) is 95.2 Å². The first kappa shape index (κ1) is 23.7. The summed E-state index contributed by atoms with van der Waals surface area (Å²) in [6.45, 7) is 4.78. The van der Waals surface area contributed by atoms with Crippen LogP contribution in [0.2, 0.25) is 5.02 Å². The minimum Gasteiger partial charge on any atom is -0.306 e. The maximum Gasteiger partial charge on any atom is 0.243 e. The number of piperidine rings is 2. The molecule has 2 fully saturated rings. The van der Waals surface area contributed by atoms with Crippen LogP contribution < -0.4 is 0 Å². The third kappa shape index (κ3) is 5.72. The van der Waals surface area contributed by atoms with E-state index < -0.39 is 10.0 Å². The number of rotatable bonds is 7. The highest BCUT2D eigenvalue weighted by Crippen LogP contribution is 2.31. The summed E-state index contributed by atoms with van der Waals surface area (Å²) in [5.74, 6) is 0. The first-order valence-electron chi connectivity index (χ1n) is 11.7. The normalized spacial score (nSPS) is 20.1. The lowest BCUT2D eigenvalue weighted by Crippen LogP contribution is -2.54. The second kappa shape index (κ2) is 10.7. The largest absolute Gasteiger partial charge is 0.306 e. The fourth-order valence-corrected chi connectivity index (χ4v) is 7.05. The Bertz CT molecular complexity index is 952. The number of benzene rings is 2. The molecule has 2 aliphatic rings. The van der Waals surface area contributed by atoms with Crippen LogP contribution in [0.4, 0.5) is 0 Å². The molecule has 2 aliphatic heterocycles. The molecule has 2 saturated heterocycles. The van der Waals surface area contributed by atoms with E-state index >= 15 is 0 Å². The zero-order chi connectivity index (χ0) is 22.6. The van der Waals surface area contributed by atoms with Gasteiger partial charge in [0.25, 0.3) is 0 Å². The van der Waals surface area contributed by atoms with Crippen molar-refractivity contribution in [1.29, 1.82) is 0 Å².